The first kappa shape index (κ1) is 30.5. The Bertz CT molecular complexity index is 3500. The number of thiophene rings is 1. The maximum Gasteiger partial charge on any atom is 0.136 e. The van der Waals surface area contributed by atoms with Gasteiger partial charge >= 0.3 is 0 Å². The van der Waals surface area contributed by atoms with Crippen LogP contribution in [0.1, 0.15) is 0 Å². The van der Waals surface area contributed by atoms with E-state index in [9.17, 15) is 0 Å². The van der Waals surface area contributed by atoms with Crippen LogP contribution in [0, 0.1) is 0 Å². The summed E-state index contributed by atoms with van der Waals surface area (Å²) in [6.45, 7) is 0. The Kier molecular flexibility index (Phi) is 6.54. The van der Waals surface area contributed by atoms with Crippen molar-refractivity contribution in [2.45, 2.75) is 0 Å². The molecule has 0 amide bonds. The van der Waals surface area contributed by atoms with Crippen molar-refractivity contribution in [3.8, 4) is 11.1 Å². The third-order valence-electron chi connectivity index (χ3n) is 11.4. The summed E-state index contributed by atoms with van der Waals surface area (Å²) in [6.07, 6.45) is 0. The first-order valence-corrected chi connectivity index (χ1v) is 19.6. The molecule has 0 aliphatic heterocycles. The van der Waals surface area contributed by atoms with E-state index in [0.29, 0.717) is 0 Å². The van der Waals surface area contributed by atoms with Gasteiger partial charge in [0.2, 0.25) is 0 Å². The largest absolute Gasteiger partial charge is 0.456 e. The van der Waals surface area contributed by atoms with Gasteiger partial charge in [-0.3, -0.25) is 0 Å². The summed E-state index contributed by atoms with van der Waals surface area (Å²) in [5, 5.41) is 14.9. The van der Waals surface area contributed by atoms with Gasteiger partial charge < -0.3 is 9.32 Å². The second-order valence-electron chi connectivity index (χ2n) is 14.5. The van der Waals surface area contributed by atoms with Gasteiger partial charge in [0.25, 0.3) is 0 Å². The third-order valence-corrected chi connectivity index (χ3v) is 12.6. The van der Waals surface area contributed by atoms with Crippen LogP contribution in [-0.4, -0.2) is 0 Å². The lowest BCUT2D eigenvalue weighted by atomic mass is 9.91. The van der Waals surface area contributed by atoms with Crippen molar-refractivity contribution in [1.82, 2.24) is 0 Å². The number of para-hydroxylation sites is 1. The van der Waals surface area contributed by atoms with Crippen LogP contribution >= 0.6 is 11.3 Å². The molecule has 0 radical (unpaired) electrons. The van der Waals surface area contributed by atoms with Crippen molar-refractivity contribution in [1.29, 1.82) is 0 Å². The van der Waals surface area contributed by atoms with Gasteiger partial charge in [0.05, 0.1) is 5.69 Å². The molecular weight excluding hydrogens is 687 g/mol. The van der Waals surface area contributed by atoms with Crippen LogP contribution in [0.5, 0.6) is 0 Å². The zero-order chi connectivity index (χ0) is 36.0. The van der Waals surface area contributed by atoms with Crippen LogP contribution in [0.4, 0.5) is 17.1 Å². The second kappa shape index (κ2) is 11.8. The van der Waals surface area contributed by atoms with Crippen molar-refractivity contribution in [3.05, 3.63) is 188 Å². The van der Waals surface area contributed by atoms with Gasteiger partial charge in [-0.25, -0.2) is 0 Å². The molecule has 0 N–H and O–H groups in total. The maximum atomic E-state index is 6.28. The van der Waals surface area contributed by atoms with E-state index in [4.69, 9.17) is 4.42 Å². The zero-order valence-corrected chi connectivity index (χ0v) is 30.5. The lowest BCUT2D eigenvalue weighted by molar-refractivity contribution is 0.669. The fourth-order valence-electron chi connectivity index (χ4n) is 8.84. The predicted molar refractivity (Wildman–Crippen MR) is 237 cm³/mol. The molecule has 2 nitrogen and oxygen atoms in total. The predicted octanol–water partition coefficient (Wildman–Crippen LogP) is 15.7. The highest BCUT2D eigenvalue weighted by molar-refractivity contribution is 7.25. The molecule has 12 aromatic rings. The molecule has 0 atom stereocenters. The van der Waals surface area contributed by atoms with Gasteiger partial charge in [-0.2, -0.15) is 0 Å². The highest BCUT2D eigenvalue weighted by Crippen LogP contribution is 2.47. The lowest BCUT2D eigenvalue weighted by Gasteiger charge is -2.28. The number of nitrogens with zero attached hydrogens (tertiary/aromatic N) is 1. The lowest BCUT2D eigenvalue weighted by Crippen LogP contribution is -2.10. The number of hydrogen-bond donors (Lipinski definition) is 0. The average molecular weight is 718 g/mol. The van der Waals surface area contributed by atoms with Crippen LogP contribution in [0.15, 0.2) is 192 Å². The Morgan fingerprint density at radius 3 is 1.84 bits per heavy atom. The van der Waals surface area contributed by atoms with Gasteiger partial charge in [0, 0.05) is 53.1 Å². The van der Waals surface area contributed by atoms with Gasteiger partial charge in [-0.05, 0) is 104 Å². The van der Waals surface area contributed by atoms with Crippen LogP contribution in [-0.2, 0) is 0 Å². The Hall–Kier alpha value is -6.94. The summed E-state index contributed by atoms with van der Waals surface area (Å²) >= 11 is 1.86. The molecule has 2 aromatic heterocycles. The molecule has 0 fully saturated rings. The van der Waals surface area contributed by atoms with E-state index in [1.165, 1.54) is 63.3 Å². The molecule has 2 heterocycles. The summed E-state index contributed by atoms with van der Waals surface area (Å²) in [5.41, 5.74) is 7.47. The Labute approximate surface area is 320 Å². The summed E-state index contributed by atoms with van der Waals surface area (Å²) in [4.78, 5) is 2.46. The minimum Gasteiger partial charge on any atom is -0.456 e. The van der Waals surface area contributed by atoms with E-state index in [-0.39, 0.29) is 0 Å². The topological polar surface area (TPSA) is 16.4 Å². The SMILES string of the molecule is c1ccc2c(c1)ccc1ccc3c(N(c4ccc(-c5ccc6c(c5)oc5ccccc56)cc4)c4ccc5sc6ccccc6c5c4)cc4ccccc4c3c12. The molecule has 0 saturated heterocycles. The highest BCUT2D eigenvalue weighted by Gasteiger charge is 2.21. The summed E-state index contributed by atoms with van der Waals surface area (Å²) in [7, 11) is 0. The highest BCUT2D eigenvalue weighted by atomic mass is 32.1. The van der Waals surface area contributed by atoms with Gasteiger partial charge in [-0.15, -0.1) is 11.3 Å². The first-order valence-electron chi connectivity index (χ1n) is 18.7. The van der Waals surface area contributed by atoms with Crippen molar-refractivity contribution in [3.63, 3.8) is 0 Å². The quantitative estimate of drug-likeness (QED) is 0.169. The zero-order valence-electron chi connectivity index (χ0n) is 29.7. The van der Waals surface area contributed by atoms with Crippen LogP contribution in [0.3, 0.4) is 0 Å². The van der Waals surface area contributed by atoms with E-state index in [0.717, 1.165) is 50.1 Å². The normalized spacial score (nSPS) is 12.0. The Morgan fingerprint density at radius 2 is 0.964 bits per heavy atom. The monoisotopic (exact) mass is 717 g/mol. The number of hydrogen-bond acceptors (Lipinski definition) is 3. The van der Waals surface area contributed by atoms with E-state index in [2.05, 4.69) is 181 Å². The summed E-state index contributed by atoms with van der Waals surface area (Å²) in [5.74, 6) is 0. The van der Waals surface area contributed by atoms with Crippen molar-refractivity contribution in [2.24, 2.45) is 0 Å². The van der Waals surface area contributed by atoms with Crippen LogP contribution in [0.25, 0.3) is 96.3 Å². The van der Waals surface area contributed by atoms with Gasteiger partial charge in [0.1, 0.15) is 11.2 Å². The fourth-order valence-corrected chi connectivity index (χ4v) is 9.93. The van der Waals surface area contributed by atoms with Crippen molar-refractivity contribution < 1.29 is 4.42 Å². The molecule has 0 aliphatic rings. The molecule has 256 valence electrons. The molecule has 0 saturated carbocycles. The number of furan rings is 1. The molecule has 3 heteroatoms. The molecule has 10 aromatic carbocycles. The van der Waals surface area contributed by atoms with Crippen LogP contribution < -0.4 is 4.90 Å². The standard InChI is InChI=1S/C52H31NOS/c1-3-11-39-33(9-1)17-18-34-21-27-44-46(29-36-10-2-4-12-40(36)52(44)51(34)39)53(38-25-28-50-45(31-38)43-14-6-8-16-49(43)55-50)37-23-19-32(20-24-37)35-22-26-42-41-13-5-7-15-47(41)54-48(42)30-35/h1-31H. The average Bonchev–Trinajstić information content (AvgIpc) is 3.81. The van der Waals surface area contributed by atoms with Gasteiger partial charge in [-0.1, -0.05) is 127 Å². The van der Waals surface area contributed by atoms with Crippen molar-refractivity contribution in [2.75, 3.05) is 4.90 Å². The Morgan fingerprint density at radius 1 is 0.345 bits per heavy atom. The molecule has 0 spiro atoms. The van der Waals surface area contributed by atoms with Gasteiger partial charge in [0.15, 0.2) is 0 Å². The number of benzene rings is 10. The minimum atomic E-state index is 0.906. The van der Waals surface area contributed by atoms with E-state index in [1.54, 1.807) is 0 Å². The fraction of sp³-hybridized carbons (Fsp3) is 0. The van der Waals surface area contributed by atoms with E-state index < -0.39 is 0 Å². The van der Waals surface area contributed by atoms with Crippen molar-refractivity contribution >= 4 is 114 Å². The number of fused-ring (bicyclic) bond motifs is 13. The smallest absolute Gasteiger partial charge is 0.136 e. The summed E-state index contributed by atoms with van der Waals surface area (Å²) < 4.78 is 8.88. The number of rotatable bonds is 4. The van der Waals surface area contributed by atoms with Crippen LogP contribution in [0.2, 0.25) is 0 Å². The first-order chi connectivity index (χ1) is 27.2. The maximum absolute atomic E-state index is 6.28. The molecule has 12 rings (SSSR count). The third kappa shape index (κ3) is 4.67. The van der Waals surface area contributed by atoms with E-state index >= 15 is 0 Å². The Balaban J connectivity index is 1.11. The molecule has 0 aliphatic carbocycles. The van der Waals surface area contributed by atoms with E-state index in [1.807, 2.05) is 23.5 Å². The minimum absolute atomic E-state index is 0.906. The molecule has 0 unspecified atom stereocenters. The second-order valence-corrected chi connectivity index (χ2v) is 15.5. The molecule has 0 bridgehead atoms. The summed E-state index contributed by atoms with van der Waals surface area (Å²) in [6, 6.07) is 68.8. The number of anilines is 3. The molecule has 55 heavy (non-hydrogen) atoms. The molecular formula is C52H31NOS.